The van der Waals surface area contributed by atoms with Crippen molar-refractivity contribution in [2.45, 2.75) is 4.90 Å². The van der Waals surface area contributed by atoms with Gasteiger partial charge in [0.2, 0.25) is 5.91 Å². The molecule has 0 aliphatic heterocycles. The van der Waals surface area contributed by atoms with Gasteiger partial charge in [-0.25, -0.2) is 8.42 Å². The highest BCUT2D eigenvalue weighted by molar-refractivity contribution is 7.92. The topological polar surface area (TPSA) is 75.7 Å². The van der Waals surface area contributed by atoms with E-state index in [4.69, 9.17) is 27.9 Å². The van der Waals surface area contributed by atoms with Gasteiger partial charge in [-0.05, 0) is 42.5 Å². The van der Waals surface area contributed by atoms with Crippen molar-refractivity contribution in [2.24, 2.45) is 0 Å². The normalized spacial score (nSPS) is 11.0. The number of ether oxygens (including phenoxy) is 1. The molecule has 0 atom stereocenters. The number of hydrogen-bond donors (Lipinski definition) is 1. The molecule has 1 N–H and O–H groups in total. The van der Waals surface area contributed by atoms with E-state index in [1.807, 2.05) is 0 Å². The highest BCUT2D eigenvalue weighted by atomic mass is 35.5. The first-order valence-corrected chi connectivity index (χ1v) is 11.0. The summed E-state index contributed by atoms with van der Waals surface area (Å²) in [7, 11) is -2.56. The Bertz CT molecular complexity index is 1150. The molecule has 0 unspecified atom stereocenters. The number of nitrogens with zero attached hydrogens (tertiary/aromatic N) is 1. The summed E-state index contributed by atoms with van der Waals surface area (Å²) in [5, 5.41) is 3.13. The van der Waals surface area contributed by atoms with Crippen LogP contribution >= 0.6 is 23.2 Å². The van der Waals surface area contributed by atoms with Crippen molar-refractivity contribution in [3.8, 4) is 5.75 Å². The summed E-state index contributed by atoms with van der Waals surface area (Å²) in [6.45, 7) is -0.490. The number of nitrogens with one attached hydrogen (secondary N) is 1. The molecule has 0 radical (unpaired) electrons. The molecule has 0 saturated heterocycles. The number of rotatable bonds is 7. The third kappa shape index (κ3) is 5.05. The molecule has 3 aromatic rings. The van der Waals surface area contributed by atoms with Gasteiger partial charge in [0.05, 0.1) is 22.7 Å². The fourth-order valence-electron chi connectivity index (χ4n) is 2.73. The maximum atomic E-state index is 13.3. The minimum Gasteiger partial charge on any atom is -0.497 e. The van der Waals surface area contributed by atoms with Gasteiger partial charge in [-0.15, -0.1) is 0 Å². The first-order valence-electron chi connectivity index (χ1n) is 8.78. The quantitative estimate of drug-likeness (QED) is 0.542. The summed E-state index contributed by atoms with van der Waals surface area (Å²) in [5.74, 6) is 0.0103. The summed E-state index contributed by atoms with van der Waals surface area (Å²) in [6.07, 6.45) is 0. The number of anilines is 2. The lowest BCUT2D eigenvalue weighted by Gasteiger charge is -2.25. The van der Waals surface area contributed by atoms with Gasteiger partial charge in [-0.1, -0.05) is 47.5 Å². The van der Waals surface area contributed by atoms with Gasteiger partial charge >= 0.3 is 0 Å². The lowest BCUT2D eigenvalue weighted by atomic mass is 10.3. The van der Waals surface area contributed by atoms with Gasteiger partial charge < -0.3 is 10.1 Å². The Morgan fingerprint density at radius 3 is 2.40 bits per heavy atom. The van der Waals surface area contributed by atoms with Crippen LogP contribution in [0.1, 0.15) is 0 Å². The number of sulfonamides is 1. The molecule has 0 heterocycles. The molecule has 30 heavy (non-hydrogen) atoms. The second-order valence-electron chi connectivity index (χ2n) is 6.20. The van der Waals surface area contributed by atoms with Crippen molar-refractivity contribution in [1.82, 2.24) is 0 Å². The van der Waals surface area contributed by atoms with E-state index in [-0.39, 0.29) is 15.6 Å². The molecular weight excluding hydrogens is 447 g/mol. The Balaban J connectivity index is 1.96. The molecule has 0 saturated carbocycles. The average molecular weight is 465 g/mol. The van der Waals surface area contributed by atoms with Crippen LogP contribution in [0.4, 0.5) is 11.4 Å². The van der Waals surface area contributed by atoms with Crippen LogP contribution in [0.5, 0.6) is 5.75 Å². The van der Waals surface area contributed by atoms with Crippen LogP contribution in [0.2, 0.25) is 10.0 Å². The summed E-state index contributed by atoms with van der Waals surface area (Å²) >= 11 is 12.2. The number of halogens is 2. The smallest absolute Gasteiger partial charge is 0.264 e. The molecule has 3 rings (SSSR count). The largest absolute Gasteiger partial charge is 0.497 e. The summed E-state index contributed by atoms with van der Waals surface area (Å²) < 4.78 is 32.7. The first-order chi connectivity index (χ1) is 14.3. The maximum Gasteiger partial charge on any atom is 0.264 e. The molecule has 0 spiro atoms. The number of amides is 1. The Morgan fingerprint density at radius 2 is 1.73 bits per heavy atom. The van der Waals surface area contributed by atoms with Crippen LogP contribution < -0.4 is 14.4 Å². The predicted molar refractivity (Wildman–Crippen MR) is 119 cm³/mol. The molecule has 9 heteroatoms. The Morgan fingerprint density at radius 1 is 1.00 bits per heavy atom. The van der Waals surface area contributed by atoms with Crippen LogP contribution in [0.3, 0.4) is 0 Å². The number of carbonyl (C=O) groups excluding carboxylic acids is 1. The van der Waals surface area contributed by atoms with Gasteiger partial charge in [-0.2, -0.15) is 0 Å². The van der Waals surface area contributed by atoms with Crippen molar-refractivity contribution in [3.63, 3.8) is 0 Å². The zero-order valence-electron chi connectivity index (χ0n) is 15.9. The highest BCUT2D eigenvalue weighted by Crippen LogP contribution is 2.32. The van der Waals surface area contributed by atoms with Gasteiger partial charge in [0.1, 0.15) is 12.3 Å². The van der Waals surface area contributed by atoms with Crippen LogP contribution in [0.15, 0.2) is 77.7 Å². The van der Waals surface area contributed by atoms with Crippen LogP contribution in [0, 0.1) is 0 Å². The molecule has 0 fully saturated rings. The molecule has 0 aliphatic rings. The van der Waals surface area contributed by atoms with Crippen LogP contribution in [-0.4, -0.2) is 28.0 Å². The lowest BCUT2D eigenvalue weighted by Crippen LogP contribution is -2.38. The van der Waals surface area contributed by atoms with E-state index >= 15 is 0 Å². The molecule has 156 valence electrons. The van der Waals surface area contributed by atoms with Crippen LogP contribution in [-0.2, 0) is 14.8 Å². The van der Waals surface area contributed by atoms with Gasteiger partial charge in [-0.3, -0.25) is 9.10 Å². The van der Waals surface area contributed by atoms with E-state index in [9.17, 15) is 13.2 Å². The Kier molecular flexibility index (Phi) is 6.87. The third-order valence-corrected chi connectivity index (χ3v) is 6.46. The van der Waals surface area contributed by atoms with E-state index < -0.39 is 22.5 Å². The van der Waals surface area contributed by atoms with Crippen molar-refractivity contribution < 1.29 is 17.9 Å². The second-order valence-corrected chi connectivity index (χ2v) is 8.91. The second kappa shape index (κ2) is 9.38. The summed E-state index contributed by atoms with van der Waals surface area (Å²) in [4.78, 5) is 12.8. The van der Waals surface area contributed by atoms with Crippen molar-refractivity contribution in [3.05, 3.63) is 82.8 Å². The summed E-state index contributed by atoms with van der Waals surface area (Å²) in [6, 6.07) is 18.9. The summed E-state index contributed by atoms with van der Waals surface area (Å²) in [5.41, 5.74) is 0.615. The SMILES string of the molecule is COc1cccc(NC(=O)CN(c2ccc(Cl)cc2Cl)S(=O)(=O)c2ccccc2)c1. The number of methoxy groups -OCH3 is 1. The molecule has 0 aromatic heterocycles. The van der Waals surface area contributed by atoms with Gasteiger partial charge in [0.15, 0.2) is 0 Å². The fourth-order valence-corrected chi connectivity index (χ4v) is 4.76. The third-order valence-electron chi connectivity index (χ3n) is 4.15. The number of carbonyl (C=O) groups is 1. The fraction of sp³-hybridized carbons (Fsp3) is 0.0952. The highest BCUT2D eigenvalue weighted by Gasteiger charge is 2.28. The minimum absolute atomic E-state index is 0.0326. The Hall–Kier alpha value is -2.74. The van der Waals surface area contributed by atoms with E-state index in [0.717, 1.165) is 4.31 Å². The molecule has 3 aromatic carbocycles. The average Bonchev–Trinajstić information content (AvgIpc) is 2.73. The molecule has 0 aliphatic carbocycles. The van der Waals surface area contributed by atoms with E-state index in [0.29, 0.717) is 16.5 Å². The number of benzene rings is 3. The zero-order chi connectivity index (χ0) is 21.7. The molecule has 0 bridgehead atoms. The maximum absolute atomic E-state index is 13.3. The van der Waals surface area contributed by atoms with Crippen LogP contribution in [0.25, 0.3) is 0 Å². The predicted octanol–water partition coefficient (Wildman–Crippen LogP) is 4.84. The van der Waals surface area contributed by atoms with Crippen molar-refractivity contribution in [2.75, 3.05) is 23.3 Å². The monoisotopic (exact) mass is 464 g/mol. The van der Waals surface area contributed by atoms with Gasteiger partial charge in [0.25, 0.3) is 10.0 Å². The van der Waals surface area contributed by atoms with E-state index in [1.54, 1.807) is 42.5 Å². The Labute approximate surface area is 185 Å². The lowest BCUT2D eigenvalue weighted by molar-refractivity contribution is -0.114. The van der Waals surface area contributed by atoms with E-state index in [2.05, 4.69) is 5.32 Å². The standard InChI is InChI=1S/C21H18Cl2N2O4S/c1-29-17-7-5-6-16(13-17)24-21(26)14-25(20-11-10-15(22)12-19(20)23)30(27,28)18-8-3-2-4-9-18/h2-13H,14H2,1H3,(H,24,26). The molecular formula is C21H18Cl2N2O4S. The first kappa shape index (κ1) is 22.0. The molecule has 1 amide bonds. The van der Waals surface area contributed by atoms with Crippen molar-refractivity contribution >= 4 is 50.5 Å². The van der Waals surface area contributed by atoms with Crippen molar-refractivity contribution in [1.29, 1.82) is 0 Å². The minimum atomic E-state index is -4.07. The molecule has 6 nitrogen and oxygen atoms in total. The number of hydrogen-bond acceptors (Lipinski definition) is 4. The zero-order valence-corrected chi connectivity index (χ0v) is 18.2. The van der Waals surface area contributed by atoms with Gasteiger partial charge in [0, 0.05) is 16.8 Å². The van der Waals surface area contributed by atoms with E-state index in [1.165, 1.54) is 37.4 Å².